The Morgan fingerprint density at radius 2 is 1.71 bits per heavy atom. The minimum absolute atomic E-state index is 0. The number of carbonyl (C=O) groups excluding carboxylic acids is 2. The lowest BCUT2D eigenvalue weighted by molar-refractivity contribution is -0.145. The van der Waals surface area contributed by atoms with E-state index in [-0.39, 0.29) is 35.7 Å². The molecule has 2 aliphatic heterocycles. The van der Waals surface area contributed by atoms with Gasteiger partial charge in [-0.3, -0.25) is 9.59 Å². The van der Waals surface area contributed by atoms with Gasteiger partial charge in [0, 0.05) is 32.1 Å². The largest absolute Gasteiger partial charge is 0.339 e. The number of halogens is 1. The first kappa shape index (κ1) is 18.2. The molecule has 0 aromatic carbocycles. The summed E-state index contributed by atoms with van der Waals surface area (Å²) in [5.74, 6) is 0.464. The highest BCUT2D eigenvalue weighted by atomic mass is 35.5. The van der Waals surface area contributed by atoms with Crippen molar-refractivity contribution in [1.29, 1.82) is 0 Å². The Morgan fingerprint density at radius 1 is 1.14 bits per heavy atom. The first-order valence-corrected chi connectivity index (χ1v) is 7.83. The second kappa shape index (κ2) is 7.45. The Morgan fingerprint density at radius 3 is 2.14 bits per heavy atom. The third-order valence-electron chi connectivity index (χ3n) is 4.63. The monoisotopic (exact) mass is 317 g/mol. The van der Waals surface area contributed by atoms with Crippen molar-refractivity contribution in [1.82, 2.24) is 15.1 Å². The number of nitrogens with one attached hydrogen (secondary N) is 1. The first-order valence-electron chi connectivity index (χ1n) is 7.83. The lowest BCUT2D eigenvalue weighted by atomic mass is 9.92. The highest BCUT2D eigenvalue weighted by Gasteiger charge is 2.42. The van der Waals surface area contributed by atoms with Gasteiger partial charge in [0.2, 0.25) is 11.8 Å². The first-order chi connectivity index (χ1) is 9.50. The average Bonchev–Trinajstić information content (AvgIpc) is 2.96. The molecule has 21 heavy (non-hydrogen) atoms. The number of nitrogens with zero attached hydrogens (tertiary/aromatic N) is 2. The molecular formula is C15H28ClN3O2. The van der Waals surface area contributed by atoms with Crippen molar-refractivity contribution in [3.05, 3.63) is 0 Å². The maximum Gasteiger partial charge on any atom is 0.242 e. The van der Waals surface area contributed by atoms with Gasteiger partial charge in [-0.2, -0.15) is 0 Å². The van der Waals surface area contributed by atoms with Crippen LogP contribution in [0.5, 0.6) is 0 Å². The molecule has 2 fully saturated rings. The second-order valence-corrected chi connectivity index (χ2v) is 6.24. The van der Waals surface area contributed by atoms with E-state index in [1.54, 1.807) is 0 Å². The molecule has 1 unspecified atom stereocenters. The molecule has 0 saturated carbocycles. The number of piperazine rings is 1. The van der Waals surface area contributed by atoms with Gasteiger partial charge in [-0.05, 0) is 25.8 Å². The molecular weight excluding hydrogens is 290 g/mol. The summed E-state index contributed by atoms with van der Waals surface area (Å²) in [4.78, 5) is 28.5. The van der Waals surface area contributed by atoms with Gasteiger partial charge in [-0.15, -0.1) is 12.4 Å². The summed E-state index contributed by atoms with van der Waals surface area (Å²) in [5, 5.41) is 3.40. The van der Waals surface area contributed by atoms with E-state index >= 15 is 0 Å². The Hall–Kier alpha value is -0.810. The van der Waals surface area contributed by atoms with Crippen molar-refractivity contribution >= 4 is 24.2 Å². The van der Waals surface area contributed by atoms with Crippen LogP contribution in [0, 0.1) is 5.92 Å². The average molecular weight is 318 g/mol. The van der Waals surface area contributed by atoms with Crippen molar-refractivity contribution < 1.29 is 9.59 Å². The van der Waals surface area contributed by atoms with Gasteiger partial charge in [0.15, 0.2) is 0 Å². The summed E-state index contributed by atoms with van der Waals surface area (Å²) in [6, 6.07) is 0. The van der Waals surface area contributed by atoms with Gasteiger partial charge in [-0.25, -0.2) is 0 Å². The minimum atomic E-state index is -0.343. The van der Waals surface area contributed by atoms with Crippen molar-refractivity contribution in [2.45, 2.75) is 45.6 Å². The smallest absolute Gasteiger partial charge is 0.242 e. The van der Waals surface area contributed by atoms with Crippen LogP contribution in [-0.2, 0) is 9.59 Å². The summed E-state index contributed by atoms with van der Waals surface area (Å²) in [7, 11) is 0. The summed E-state index contributed by atoms with van der Waals surface area (Å²) in [6.07, 6.45) is 2.86. The molecule has 2 saturated heterocycles. The quantitative estimate of drug-likeness (QED) is 0.853. The van der Waals surface area contributed by atoms with Gasteiger partial charge in [-0.1, -0.05) is 20.8 Å². The third-order valence-corrected chi connectivity index (χ3v) is 4.63. The van der Waals surface area contributed by atoms with Gasteiger partial charge < -0.3 is 15.1 Å². The number of carbonyl (C=O) groups is 2. The van der Waals surface area contributed by atoms with Crippen LogP contribution in [0.25, 0.3) is 0 Å². The van der Waals surface area contributed by atoms with Crippen molar-refractivity contribution in [3.63, 3.8) is 0 Å². The molecule has 5 nitrogen and oxygen atoms in total. The lowest BCUT2D eigenvalue weighted by Crippen LogP contribution is -2.59. The number of hydrogen-bond donors (Lipinski definition) is 1. The second-order valence-electron chi connectivity index (χ2n) is 6.24. The van der Waals surface area contributed by atoms with E-state index in [0.29, 0.717) is 26.2 Å². The minimum Gasteiger partial charge on any atom is -0.339 e. The molecule has 6 heteroatoms. The molecule has 0 radical (unpaired) electrons. The van der Waals surface area contributed by atoms with Gasteiger partial charge >= 0.3 is 0 Å². The molecule has 2 heterocycles. The molecule has 1 N–H and O–H groups in total. The van der Waals surface area contributed by atoms with Crippen molar-refractivity contribution in [2.75, 3.05) is 32.7 Å². The summed E-state index contributed by atoms with van der Waals surface area (Å²) >= 11 is 0. The summed E-state index contributed by atoms with van der Waals surface area (Å²) in [5.41, 5.74) is -0.343. The van der Waals surface area contributed by atoms with E-state index in [1.807, 2.05) is 23.6 Å². The topological polar surface area (TPSA) is 52.7 Å². The van der Waals surface area contributed by atoms with Crippen molar-refractivity contribution in [3.8, 4) is 0 Å². The highest BCUT2D eigenvalue weighted by molar-refractivity contribution is 5.87. The zero-order valence-electron chi connectivity index (χ0n) is 13.4. The van der Waals surface area contributed by atoms with Crippen LogP contribution in [0.15, 0.2) is 0 Å². The van der Waals surface area contributed by atoms with E-state index in [2.05, 4.69) is 12.2 Å². The Kier molecular flexibility index (Phi) is 6.47. The number of hydrogen-bond acceptors (Lipinski definition) is 3. The summed E-state index contributed by atoms with van der Waals surface area (Å²) < 4.78 is 0. The zero-order chi connectivity index (χ0) is 14.8. The Balaban J connectivity index is 0.00000220. The van der Waals surface area contributed by atoms with Crippen LogP contribution >= 0.6 is 12.4 Å². The normalized spacial score (nSPS) is 25.9. The number of amides is 2. The third kappa shape index (κ3) is 3.69. The lowest BCUT2D eigenvalue weighted by Gasteiger charge is -2.40. The van der Waals surface area contributed by atoms with E-state index in [0.717, 1.165) is 25.8 Å². The molecule has 0 aromatic rings. The van der Waals surface area contributed by atoms with E-state index in [9.17, 15) is 9.59 Å². The standard InChI is InChI=1S/C15H27N3O2.ClH/c1-4-15(6-5-7-16-15)14(20)18-10-8-17(9-11-18)13(19)12(2)3;/h12,16H,4-11H2,1-3H3;1H. The molecule has 1 atom stereocenters. The Labute approximate surface area is 133 Å². The molecule has 2 aliphatic rings. The van der Waals surface area contributed by atoms with Gasteiger partial charge in [0.05, 0.1) is 5.54 Å². The van der Waals surface area contributed by atoms with Crippen LogP contribution in [0.3, 0.4) is 0 Å². The van der Waals surface area contributed by atoms with E-state index in [1.165, 1.54) is 0 Å². The molecule has 122 valence electrons. The van der Waals surface area contributed by atoms with Crippen molar-refractivity contribution in [2.24, 2.45) is 5.92 Å². The predicted molar refractivity (Wildman–Crippen MR) is 85.5 cm³/mol. The maximum atomic E-state index is 12.7. The highest BCUT2D eigenvalue weighted by Crippen LogP contribution is 2.26. The van der Waals surface area contributed by atoms with Crippen LogP contribution in [-0.4, -0.2) is 59.9 Å². The van der Waals surface area contributed by atoms with Gasteiger partial charge in [0.1, 0.15) is 0 Å². The molecule has 0 aromatic heterocycles. The fraction of sp³-hybridized carbons (Fsp3) is 0.867. The van der Waals surface area contributed by atoms with Crippen LogP contribution in [0.2, 0.25) is 0 Å². The van der Waals surface area contributed by atoms with Crippen LogP contribution in [0.4, 0.5) is 0 Å². The van der Waals surface area contributed by atoms with Crippen LogP contribution < -0.4 is 5.32 Å². The molecule has 0 spiro atoms. The molecule has 2 rings (SSSR count). The van der Waals surface area contributed by atoms with Gasteiger partial charge in [0.25, 0.3) is 0 Å². The number of rotatable bonds is 3. The zero-order valence-corrected chi connectivity index (χ0v) is 14.2. The fourth-order valence-corrected chi connectivity index (χ4v) is 3.24. The molecule has 0 aliphatic carbocycles. The molecule has 0 bridgehead atoms. The van der Waals surface area contributed by atoms with E-state index in [4.69, 9.17) is 0 Å². The SMILES string of the molecule is CCC1(C(=O)N2CCN(C(=O)C(C)C)CC2)CCCN1.Cl. The Bertz CT molecular complexity index is 373. The fourth-order valence-electron chi connectivity index (χ4n) is 3.24. The maximum absolute atomic E-state index is 12.7. The van der Waals surface area contributed by atoms with E-state index < -0.39 is 0 Å². The predicted octanol–water partition coefficient (Wildman–Crippen LogP) is 1.27. The van der Waals surface area contributed by atoms with Crippen LogP contribution in [0.1, 0.15) is 40.0 Å². The summed E-state index contributed by atoms with van der Waals surface area (Å²) in [6.45, 7) is 9.54. The molecule has 2 amide bonds.